The predicted octanol–water partition coefficient (Wildman–Crippen LogP) is 3.84. The third-order valence-corrected chi connectivity index (χ3v) is 5.19. The van der Waals surface area contributed by atoms with Crippen molar-refractivity contribution in [3.63, 3.8) is 0 Å². The van der Waals surface area contributed by atoms with Gasteiger partial charge in [-0.2, -0.15) is 0 Å². The van der Waals surface area contributed by atoms with Crippen LogP contribution in [-0.2, 0) is 6.54 Å². The minimum Gasteiger partial charge on any atom is -0.319 e. The molecular formula is C19H32N2. The van der Waals surface area contributed by atoms with E-state index in [2.05, 4.69) is 62.4 Å². The van der Waals surface area contributed by atoms with Crippen molar-refractivity contribution in [3.05, 3.63) is 35.4 Å². The number of nitrogens with one attached hydrogen (secondary N) is 1. The number of hydrogen-bond acceptors (Lipinski definition) is 2. The summed E-state index contributed by atoms with van der Waals surface area (Å²) in [6.45, 7) is 8.04. The minimum atomic E-state index is 0.471. The van der Waals surface area contributed by atoms with Crippen LogP contribution in [0.4, 0.5) is 0 Å². The third kappa shape index (κ3) is 4.55. The molecule has 118 valence electrons. The number of aryl methyl sites for hydroxylation is 1. The fourth-order valence-electron chi connectivity index (χ4n) is 3.85. The highest BCUT2D eigenvalue weighted by Crippen LogP contribution is 2.39. The first-order valence-electron chi connectivity index (χ1n) is 8.42. The Balaban J connectivity index is 1.98. The Bertz CT molecular complexity index is 433. The van der Waals surface area contributed by atoms with Crippen LogP contribution >= 0.6 is 0 Å². The maximum atomic E-state index is 3.45. The molecule has 0 saturated heterocycles. The van der Waals surface area contributed by atoms with Crippen LogP contribution in [0.15, 0.2) is 24.3 Å². The number of hydrogen-bond donors (Lipinski definition) is 1. The van der Waals surface area contributed by atoms with Crippen LogP contribution < -0.4 is 5.32 Å². The van der Waals surface area contributed by atoms with Crippen molar-refractivity contribution < 1.29 is 0 Å². The molecule has 1 aliphatic rings. The van der Waals surface area contributed by atoms with Gasteiger partial charge in [0.25, 0.3) is 0 Å². The van der Waals surface area contributed by atoms with Crippen LogP contribution in [0.25, 0.3) is 0 Å². The molecule has 1 aliphatic carbocycles. The highest BCUT2D eigenvalue weighted by Gasteiger charge is 2.34. The van der Waals surface area contributed by atoms with E-state index in [4.69, 9.17) is 0 Å². The summed E-state index contributed by atoms with van der Waals surface area (Å²) in [5.74, 6) is 0.914. The maximum Gasteiger partial charge on any atom is 0.0233 e. The Morgan fingerprint density at radius 3 is 2.52 bits per heavy atom. The first-order valence-corrected chi connectivity index (χ1v) is 8.42. The van der Waals surface area contributed by atoms with E-state index in [9.17, 15) is 0 Å². The second kappa shape index (κ2) is 7.42. The first-order chi connectivity index (χ1) is 10.0. The summed E-state index contributed by atoms with van der Waals surface area (Å²) in [5.41, 5.74) is 3.34. The quantitative estimate of drug-likeness (QED) is 0.855. The van der Waals surface area contributed by atoms with Gasteiger partial charge in [0.2, 0.25) is 0 Å². The fourth-order valence-corrected chi connectivity index (χ4v) is 3.85. The summed E-state index contributed by atoms with van der Waals surface area (Å²) < 4.78 is 0. The molecule has 21 heavy (non-hydrogen) atoms. The summed E-state index contributed by atoms with van der Waals surface area (Å²) in [5, 5.41) is 3.45. The normalized spacial score (nSPS) is 26.2. The summed E-state index contributed by atoms with van der Waals surface area (Å²) in [6.07, 6.45) is 5.51. The number of rotatable bonds is 6. The Morgan fingerprint density at radius 1 is 1.24 bits per heavy atom. The second-order valence-electron chi connectivity index (χ2n) is 7.31. The van der Waals surface area contributed by atoms with Crippen molar-refractivity contribution in [2.45, 2.75) is 46.1 Å². The van der Waals surface area contributed by atoms with E-state index in [0.29, 0.717) is 5.41 Å². The molecule has 0 spiro atoms. The average Bonchev–Trinajstić information content (AvgIpc) is 2.45. The molecule has 1 N–H and O–H groups in total. The van der Waals surface area contributed by atoms with E-state index in [1.54, 1.807) is 0 Å². The van der Waals surface area contributed by atoms with Gasteiger partial charge in [-0.15, -0.1) is 0 Å². The van der Waals surface area contributed by atoms with Gasteiger partial charge in [0.15, 0.2) is 0 Å². The average molecular weight is 288 g/mol. The van der Waals surface area contributed by atoms with Gasteiger partial charge in [0.05, 0.1) is 0 Å². The van der Waals surface area contributed by atoms with Gasteiger partial charge in [0, 0.05) is 19.6 Å². The van der Waals surface area contributed by atoms with Crippen LogP contribution in [0.1, 0.15) is 43.7 Å². The minimum absolute atomic E-state index is 0.471. The van der Waals surface area contributed by atoms with E-state index in [1.807, 2.05) is 0 Å². The van der Waals surface area contributed by atoms with E-state index >= 15 is 0 Å². The molecule has 0 aromatic heterocycles. The number of nitrogens with zero attached hydrogens (tertiary/aromatic N) is 1. The van der Waals surface area contributed by atoms with Gasteiger partial charge in [-0.1, -0.05) is 44.0 Å². The topological polar surface area (TPSA) is 15.3 Å². The summed E-state index contributed by atoms with van der Waals surface area (Å²) in [7, 11) is 4.38. The number of benzene rings is 1. The first kappa shape index (κ1) is 16.5. The predicted molar refractivity (Wildman–Crippen MR) is 91.5 cm³/mol. The van der Waals surface area contributed by atoms with Gasteiger partial charge in [-0.05, 0) is 56.3 Å². The molecule has 0 heterocycles. The van der Waals surface area contributed by atoms with Crippen LogP contribution in [0.3, 0.4) is 0 Å². The molecule has 0 aliphatic heterocycles. The SMILES string of the molecule is CNCC1(CN(C)Cc2ccccc2C)CCC(C)CC1. The lowest BCUT2D eigenvalue weighted by molar-refractivity contribution is 0.0978. The highest BCUT2D eigenvalue weighted by atomic mass is 15.1. The van der Waals surface area contributed by atoms with Gasteiger partial charge in [-0.3, -0.25) is 0 Å². The molecule has 0 atom stereocenters. The van der Waals surface area contributed by atoms with Crippen LogP contribution in [-0.4, -0.2) is 32.1 Å². The molecule has 2 rings (SSSR count). The molecule has 0 bridgehead atoms. The lowest BCUT2D eigenvalue weighted by Crippen LogP contribution is -2.44. The summed E-state index contributed by atoms with van der Waals surface area (Å²) >= 11 is 0. The van der Waals surface area contributed by atoms with Gasteiger partial charge in [0.1, 0.15) is 0 Å². The largest absolute Gasteiger partial charge is 0.319 e. The van der Waals surface area contributed by atoms with Crippen molar-refractivity contribution in [3.8, 4) is 0 Å². The van der Waals surface area contributed by atoms with Crippen molar-refractivity contribution in [1.29, 1.82) is 0 Å². The highest BCUT2D eigenvalue weighted by molar-refractivity contribution is 5.25. The molecule has 0 unspecified atom stereocenters. The monoisotopic (exact) mass is 288 g/mol. The molecule has 2 nitrogen and oxygen atoms in total. The van der Waals surface area contributed by atoms with Gasteiger partial charge < -0.3 is 10.2 Å². The van der Waals surface area contributed by atoms with Crippen molar-refractivity contribution >= 4 is 0 Å². The third-order valence-electron chi connectivity index (χ3n) is 5.19. The van der Waals surface area contributed by atoms with E-state index < -0.39 is 0 Å². The Labute approximate surface area is 130 Å². The zero-order valence-electron chi connectivity index (χ0n) is 14.3. The summed E-state index contributed by atoms with van der Waals surface area (Å²) in [4.78, 5) is 2.52. The van der Waals surface area contributed by atoms with E-state index in [-0.39, 0.29) is 0 Å². The zero-order valence-corrected chi connectivity index (χ0v) is 14.3. The van der Waals surface area contributed by atoms with Crippen molar-refractivity contribution in [1.82, 2.24) is 10.2 Å². The molecule has 0 amide bonds. The van der Waals surface area contributed by atoms with Crippen LogP contribution in [0, 0.1) is 18.3 Å². The molecule has 1 saturated carbocycles. The summed E-state index contributed by atoms with van der Waals surface area (Å²) in [6, 6.07) is 8.76. The van der Waals surface area contributed by atoms with Gasteiger partial charge in [-0.25, -0.2) is 0 Å². The molecule has 1 fully saturated rings. The standard InChI is InChI=1S/C19H32N2/c1-16-9-11-19(12-10-16,14-20-3)15-21(4)13-18-8-6-5-7-17(18)2/h5-8,16,20H,9-15H2,1-4H3. The van der Waals surface area contributed by atoms with Crippen LogP contribution in [0.5, 0.6) is 0 Å². The van der Waals surface area contributed by atoms with Crippen molar-refractivity contribution in [2.24, 2.45) is 11.3 Å². The van der Waals surface area contributed by atoms with Gasteiger partial charge >= 0.3 is 0 Å². The lowest BCUT2D eigenvalue weighted by Gasteiger charge is -2.42. The molecular weight excluding hydrogens is 256 g/mol. The molecule has 1 aromatic carbocycles. The zero-order chi connectivity index (χ0) is 15.3. The van der Waals surface area contributed by atoms with Crippen LogP contribution in [0.2, 0.25) is 0 Å². The van der Waals surface area contributed by atoms with E-state index in [0.717, 1.165) is 19.0 Å². The Kier molecular flexibility index (Phi) is 5.83. The molecule has 0 radical (unpaired) electrons. The maximum absolute atomic E-state index is 3.45. The molecule has 1 aromatic rings. The molecule has 2 heteroatoms. The Hall–Kier alpha value is -0.860. The Morgan fingerprint density at radius 2 is 1.90 bits per heavy atom. The van der Waals surface area contributed by atoms with Crippen molar-refractivity contribution in [2.75, 3.05) is 27.2 Å². The lowest BCUT2D eigenvalue weighted by atomic mass is 9.70. The fraction of sp³-hybridized carbons (Fsp3) is 0.684. The second-order valence-corrected chi connectivity index (χ2v) is 7.31. The van der Waals surface area contributed by atoms with E-state index in [1.165, 1.54) is 43.4 Å². The smallest absolute Gasteiger partial charge is 0.0233 e.